The normalized spacial score (nSPS) is 13.2. The van der Waals surface area contributed by atoms with Gasteiger partial charge in [0.05, 0.1) is 6.04 Å². The van der Waals surface area contributed by atoms with Gasteiger partial charge in [-0.05, 0) is 33.3 Å². The highest BCUT2D eigenvalue weighted by Gasteiger charge is 2.25. The van der Waals surface area contributed by atoms with Crippen molar-refractivity contribution in [3.05, 3.63) is 35.9 Å². The van der Waals surface area contributed by atoms with Crippen LogP contribution in [0.5, 0.6) is 0 Å². The topological polar surface area (TPSA) is 52.6 Å². The third-order valence-electron chi connectivity index (χ3n) is 2.33. The summed E-state index contributed by atoms with van der Waals surface area (Å²) in [6.45, 7) is 7.66. The van der Waals surface area contributed by atoms with Gasteiger partial charge in [0.1, 0.15) is 0 Å². The number of carboxylic acid groups (broad SMARTS) is 1. The summed E-state index contributed by atoms with van der Waals surface area (Å²) in [7, 11) is 0. The molecule has 4 heteroatoms. The highest BCUT2D eigenvalue weighted by molar-refractivity contribution is 5.65. The minimum Gasteiger partial charge on any atom is -0.464 e. The molecule has 0 aliphatic heterocycles. The lowest BCUT2D eigenvalue weighted by Crippen LogP contribution is -2.52. The Morgan fingerprint density at radius 2 is 1.82 bits per heavy atom. The number of hydrogen-bond donors (Lipinski definition) is 2. The van der Waals surface area contributed by atoms with Crippen molar-refractivity contribution >= 4 is 6.09 Å². The van der Waals surface area contributed by atoms with Crippen LogP contribution in [0.2, 0.25) is 0 Å². The Morgan fingerprint density at radius 3 is 2.24 bits per heavy atom. The van der Waals surface area contributed by atoms with Gasteiger partial charge < -0.3 is 5.11 Å². The van der Waals surface area contributed by atoms with E-state index < -0.39 is 6.09 Å². The van der Waals surface area contributed by atoms with E-state index >= 15 is 0 Å². The number of carbonyl (C=O) groups is 1. The number of hydrazine groups is 1. The van der Waals surface area contributed by atoms with Crippen LogP contribution in [-0.2, 0) is 0 Å². The molecule has 17 heavy (non-hydrogen) atoms. The maximum absolute atomic E-state index is 11.3. The first-order valence-corrected chi connectivity index (χ1v) is 5.66. The number of hydrogen-bond acceptors (Lipinski definition) is 2. The fourth-order valence-corrected chi connectivity index (χ4v) is 1.55. The minimum absolute atomic E-state index is 0.229. The highest BCUT2D eigenvalue weighted by atomic mass is 16.4. The Balaban J connectivity index is 2.89. The van der Waals surface area contributed by atoms with Crippen molar-refractivity contribution in [3.63, 3.8) is 0 Å². The van der Waals surface area contributed by atoms with Gasteiger partial charge in [-0.2, -0.15) is 0 Å². The van der Waals surface area contributed by atoms with E-state index in [9.17, 15) is 9.90 Å². The van der Waals surface area contributed by atoms with Crippen LogP contribution in [0.15, 0.2) is 30.3 Å². The highest BCUT2D eigenvalue weighted by Crippen LogP contribution is 2.19. The molecule has 2 N–H and O–H groups in total. The molecule has 0 saturated heterocycles. The Morgan fingerprint density at radius 1 is 1.29 bits per heavy atom. The van der Waals surface area contributed by atoms with Gasteiger partial charge in [0.2, 0.25) is 0 Å². The maximum atomic E-state index is 11.3. The molecule has 1 atom stereocenters. The molecule has 4 nitrogen and oxygen atoms in total. The summed E-state index contributed by atoms with van der Waals surface area (Å²) in [4.78, 5) is 11.3. The molecule has 1 aromatic rings. The molecule has 0 spiro atoms. The van der Waals surface area contributed by atoms with Crippen LogP contribution in [0, 0.1) is 0 Å². The summed E-state index contributed by atoms with van der Waals surface area (Å²) in [5.41, 5.74) is 3.66. The Kier molecular flexibility index (Phi) is 4.12. The first-order valence-electron chi connectivity index (χ1n) is 5.66. The average Bonchev–Trinajstić information content (AvgIpc) is 2.25. The molecule has 0 aliphatic rings. The predicted molar refractivity (Wildman–Crippen MR) is 67.6 cm³/mol. The van der Waals surface area contributed by atoms with Gasteiger partial charge in [0, 0.05) is 5.54 Å². The molecule has 0 fully saturated rings. The van der Waals surface area contributed by atoms with E-state index in [1.54, 1.807) is 0 Å². The SMILES string of the molecule is CC(c1ccccc1)N(NC(C)(C)C)C(=O)O. The van der Waals surface area contributed by atoms with Gasteiger partial charge in [-0.1, -0.05) is 30.3 Å². The van der Waals surface area contributed by atoms with Crippen LogP contribution in [-0.4, -0.2) is 21.7 Å². The van der Waals surface area contributed by atoms with Crippen molar-refractivity contribution in [1.29, 1.82) is 0 Å². The number of amides is 1. The van der Waals surface area contributed by atoms with E-state index in [0.717, 1.165) is 5.56 Å². The number of benzene rings is 1. The van der Waals surface area contributed by atoms with Crippen molar-refractivity contribution in [2.45, 2.75) is 39.3 Å². The van der Waals surface area contributed by atoms with E-state index in [1.807, 2.05) is 58.0 Å². The molecule has 1 aromatic carbocycles. The lowest BCUT2D eigenvalue weighted by molar-refractivity contribution is 0.0713. The molecular weight excluding hydrogens is 216 g/mol. The Hall–Kier alpha value is -1.55. The Bertz CT molecular complexity index is 371. The van der Waals surface area contributed by atoms with Crippen molar-refractivity contribution in [3.8, 4) is 0 Å². The summed E-state index contributed by atoms with van der Waals surface area (Å²) in [6, 6.07) is 9.34. The summed E-state index contributed by atoms with van der Waals surface area (Å²) >= 11 is 0. The largest absolute Gasteiger partial charge is 0.464 e. The minimum atomic E-state index is -0.976. The number of nitrogens with one attached hydrogen (secondary N) is 1. The van der Waals surface area contributed by atoms with Gasteiger partial charge in [0.15, 0.2) is 0 Å². The van der Waals surface area contributed by atoms with E-state index in [-0.39, 0.29) is 11.6 Å². The standard InChI is InChI=1S/C13H20N2O2/c1-10(11-8-6-5-7-9-11)15(12(16)17)14-13(2,3)4/h5-10,14H,1-4H3,(H,16,17). The average molecular weight is 236 g/mol. The molecule has 0 radical (unpaired) electrons. The zero-order chi connectivity index (χ0) is 13.1. The monoisotopic (exact) mass is 236 g/mol. The second-order valence-electron chi connectivity index (χ2n) is 5.10. The number of nitrogens with zero attached hydrogens (tertiary/aromatic N) is 1. The molecule has 1 rings (SSSR count). The molecule has 0 aliphatic carbocycles. The van der Waals surface area contributed by atoms with Crippen LogP contribution < -0.4 is 5.43 Å². The van der Waals surface area contributed by atoms with Crippen LogP contribution >= 0.6 is 0 Å². The summed E-state index contributed by atoms with van der Waals surface area (Å²) in [5, 5.41) is 10.5. The van der Waals surface area contributed by atoms with Gasteiger partial charge >= 0.3 is 6.09 Å². The molecule has 0 saturated carbocycles. The third-order valence-corrected chi connectivity index (χ3v) is 2.33. The first-order chi connectivity index (χ1) is 7.81. The summed E-state index contributed by atoms with van der Waals surface area (Å²) in [5.74, 6) is 0. The second-order valence-corrected chi connectivity index (χ2v) is 5.10. The summed E-state index contributed by atoms with van der Waals surface area (Å²) < 4.78 is 0. The zero-order valence-corrected chi connectivity index (χ0v) is 10.8. The van der Waals surface area contributed by atoms with Crippen molar-refractivity contribution in [1.82, 2.24) is 10.4 Å². The van der Waals surface area contributed by atoms with Crippen LogP contribution in [0.3, 0.4) is 0 Å². The van der Waals surface area contributed by atoms with E-state index in [4.69, 9.17) is 0 Å². The fourth-order valence-electron chi connectivity index (χ4n) is 1.55. The van der Waals surface area contributed by atoms with Crippen LogP contribution in [0.4, 0.5) is 4.79 Å². The van der Waals surface area contributed by atoms with Crippen molar-refractivity contribution < 1.29 is 9.90 Å². The van der Waals surface area contributed by atoms with E-state index in [2.05, 4.69) is 5.43 Å². The van der Waals surface area contributed by atoms with Gasteiger partial charge in [-0.25, -0.2) is 15.2 Å². The smallest absolute Gasteiger partial charge is 0.422 e. The molecule has 1 amide bonds. The first kappa shape index (κ1) is 13.5. The summed E-state index contributed by atoms with van der Waals surface area (Å²) in [6.07, 6.45) is -0.976. The third kappa shape index (κ3) is 4.07. The molecule has 94 valence electrons. The molecule has 1 unspecified atom stereocenters. The van der Waals surface area contributed by atoms with Gasteiger partial charge in [-0.15, -0.1) is 0 Å². The maximum Gasteiger partial charge on any atom is 0.422 e. The Labute approximate surface area is 102 Å². The molecule has 0 aromatic heterocycles. The van der Waals surface area contributed by atoms with E-state index in [0.29, 0.717) is 0 Å². The van der Waals surface area contributed by atoms with Crippen LogP contribution in [0.25, 0.3) is 0 Å². The fraction of sp³-hybridized carbons (Fsp3) is 0.462. The van der Waals surface area contributed by atoms with Crippen molar-refractivity contribution in [2.75, 3.05) is 0 Å². The lowest BCUT2D eigenvalue weighted by Gasteiger charge is -2.33. The quantitative estimate of drug-likeness (QED) is 0.793. The van der Waals surface area contributed by atoms with E-state index in [1.165, 1.54) is 5.01 Å². The van der Waals surface area contributed by atoms with Gasteiger partial charge in [0.25, 0.3) is 0 Å². The zero-order valence-electron chi connectivity index (χ0n) is 10.8. The van der Waals surface area contributed by atoms with Crippen molar-refractivity contribution in [2.24, 2.45) is 0 Å². The lowest BCUT2D eigenvalue weighted by atomic mass is 10.1. The predicted octanol–water partition coefficient (Wildman–Crippen LogP) is 3.03. The van der Waals surface area contributed by atoms with Gasteiger partial charge in [-0.3, -0.25) is 0 Å². The van der Waals surface area contributed by atoms with Crippen LogP contribution in [0.1, 0.15) is 39.3 Å². The molecular formula is C13H20N2O2. The molecule has 0 heterocycles. The second kappa shape index (κ2) is 5.19. The number of rotatable bonds is 3. The molecule has 0 bridgehead atoms.